The van der Waals surface area contributed by atoms with Gasteiger partial charge in [-0.3, -0.25) is 4.79 Å². The minimum absolute atomic E-state index is 0.155. The van der Waals surface area contributed by atoms with Crippen LogP contribution in [-0.4, -0.2) is 22.5 Å². The summed E-state index contributed by atoms with van der Waals surface area (Å²) in [6.07, 6.45) is 0.379. The zero-order chi connectivity index (χ0) is 14.6. The maximum atomic E-state index is 13.6. The molecule has 0 aliphatic rings. The molecule has 5 nitrogen and oxygen atoms in total. The Bertz CT molecular complexity index is 522. The predicted molar refractivity (Wildman–Crippen MR) is 71.0 cm³/mol. The highest BCUT2D eigenvalue weighted by Gasteiger charge is 2.30. The van der Waals surface area contributed by atoms with E-state index in [0.29, 0.717) is 6.42 Å². The normalized spacial score (nSPS) is 14.8. The van der Waals surface area contributed by atoms with E-state index in [9.17, 15) is 9.18 Å². The number of hydrogen-bond acceptors (Lipinski definition) is 3. The van der Waals surface area contributed by atoms with Gasteiger partial charge in [0, 0.05) is 5.02 Å². The Morgan fingerprint density at radius 1 is 1.63 bits per heavy atom. The molecule has 0 radical (unpaired) electrons. The monoisotopic (exact) mass is 287 g/mol. The summed E-state index contributed by atoms with van der Waals surface area (Å²) >= 11 is 5.61. The highest BCUT2D eigenvalue weighted by atomic mass is 35.5. The van der Waals surface area contributed by atoms with Crippen molar-refractivity contribution in [2.24, 2.45) is 10.9 Å². The van der Waals surface area contributed by atoms with Crippen molar-refractivity contribution in [1.29, 1.82) is 0 Å². The van der Waals surface area contributed by atoms with E-state index in [-0.39, 0.29) is 16.4 Å². The molecule has 7 heteroatoms. The molecule has 0 heterocycles. The van der Waals surface area contributed by atoms with Crippen molar-refractivity contribution in [2.45, 2.75) is 25.8 Å². The molecule has 0 saturated carbocycles. The molecule has 0 aliphatic carbocycles. The van der Waals surface area contributed by atoms with Gasteiger partial charge >= 0.3 is 0 Å². The predicted octanol–water partition coefficient (Wildman–Crippen LogP) is 2.12. The molecule has 0 aromatic heterocycles. The van der Waals surface area contributed by atoms with Crippen LogP contribution in [0.5, 0.6) is 0 Å². The summed E-state index contributed by atoms with van der Waals surface area (Å²) in [5, 5.41) is 14.3. The minimum Gasteiger partial charge on any atom is -0.409 e. The third-order valence-corrected chi connectivity index (χ3v) is 3.18. The van der Waals surface area contributed by atoms with Gasteiger partial charge in [-0.1, -0.05) is 23.7 Å². The van der Waals surface area contributed by atoms with Gasteiger partial charge in [0.1, 0.15) is 5.82 Å². The molecule has 0 spiro atoms. The molecule has 1 amide bonds. The number of rotatable bonds is 4. The molecule has 4 N–H and O–H groups in total. The SMILES string of the molecule is CCC(C)(NC(=O)c1ccc(Cl)cc1F)/C(N)=N/O. The van der Waals surface area contributed by atoms with Crippen LogP contribution >= 0.6 is 11.6 Å². The van der Waals surface area contributed by atoms with Crippen molar-refractivity contribution in [2.75, 3.05) is 0 Å². The third kappa shape index (κ3) is 3.35. The van der Waals surface area contributed by atoms with E-state index in [2.05, 4.69) is 10.5 Å². The van der Waals surface area contributed by atoms with E-state index < -0.39 is 17.3 Å². The average molecular weight is 288 g/mol. The lowest BCUT2D eigenvalue weighted by Crippen LogP contribution is -2.55. The quantitative estimate of drug-likeness (QED) is 0.343. The highest BCUT2D eigenvalue weighted by molar-refractivity contribution is 6.30. The molecule has 1 aromatic rings. The molecule has 0 aliphatic heterocycles. The van der Waals surface area contributed by atoms with Crippen LogP contribution in [0.4, 0.5) is 4.39 Å². The number of carbonyl (C=O) groups excluding carboxylic acids is 1. The first kappa shape index (κ1) is 15.2. The number of halogens is 2. The van der Waals surface area contributed by atoms with E-state index in [1.165, 1.54) is 12.1 Å². The summed E-state index contributed by atoms with van der Waals surface area (Å²) in [6.45, 7) is 3.32. The lowest BCUT2D eigenvalue weighted by Gasteiger charge is -2.28. The Labute approximate surface area is 115 Å². The first-order valence-electron chi connectivity index (χ1n) is 5.59. The molecule has 1 aromatic carbocycles. The molecule has 0 bridgehead atoms. The van der Waals surface area contributed by atoms with Crippen molar-refractivity contribution in [1.82, 2.24) is 5.32 Å². The number of carbonyl (C=O) groups is 1. The minimum atomic E-state index is -1.06. The van der Waals surface area contributed by atoms with Crippen LogP contribution in [0.15, 0.2) is 23.4 Å². The van der Waals surface area contributed by atoms with Crippen LogP contribution in [0, 0.1) is 5.82 Å². The molecule has 104 valence electrons. The van der Waals surface area contributed by atoms with Crippen molar-refractivity contribution in [3.63, 3.8) is 0 Å². The topological polar surface area (TPSA) is 87.7 Å². The van der Waals surface area contributed by atoms with E-state index >= 15 is 0 Å². The van der Waals surface area contributed by atoms with E-state index in [1.54, 1.807) is 13.8 Å². The van der Waals surface area contributed by atoms with Gasteiger partial charge in [-0.2, -0.15) is 0 Å². The fourth-order valence-corrected chi connectivity index (χ4v) is 1.59. The van der Waals surface area contributed by atoms with Gasteiger partial charge in [0.2, 0.25) is 0 Å². The van der Waals surface area contributed by atoms with Crippen LogP contribution in [0.25, 0.3) is 0 Å². The number of amides is 1. The lowest BCUT2D eigenvalue weighted by molar-refractivity contribution is 0.0921. The summed E-state index contributed by atoms with van der Waals surface area (Å²) in [6, 6.07) is 3.73. The van der Waals surface area contributed by atoms with E-state index in [0.717, 1.165) is 6.07 Å². The van der Waals surface area contributed by atoms with Crippen LogP contribution < -0.4 is 11.1 Å². The summed E-state index contributed by atoms with van der Waals surface area (Å²) in [7, 11) is 0. The van der Waals surface area contributed by atoms with Gasteiger partial charge in [0.05, 0.1) is 11.1 Å². The molecule has 1 unspecified atom stereocenters. The molecule has 19 heavy (non-hydrogen) atoms. The van der Waals surface area contributed by atoms with Crippen molar-refractivity contribution < 1.29 is 14.4 Å². The Kier molecular flexibility index (Phi) is 4.72. The first-order valence-corrected chi connectivity index (χ1v) is 5.97. The second-order valence-electron chi connectivity index (χ2n) is 4.25. The molecular weight excluding hydrogens is 273 g/mol. The zero-order valence-electron chi connectivity index (χ0n) is 10.6. The van der Waals surface area contributed by atoms with Crippen molar-refractivity contribution >= 4 is 23.3 Å². The van der Waals surface area contributed by atoms with Gasteiger partial charge in [-0.05, 0) is 31.5 Å². The second kappa shape index (κ2) is 5.88. The number of nitrogens with two attached hydrogens (primary N) is 1. The third-order valence-electron chi connectivity index (χ3n) is 2.95. The van der Waals surface area contributed by atoms with Crippen LogP contribution in [0.1, 0.15) is 30.6 Å². The fraction of sp³-hybridized carbons (Fsp3) is 0.333. The summed E-state index contributed by atoms with van der Waals surface area (Å²) < 4.78 is 13.6. The maximum Gasteiger partial charge on any atom is 0.255 e. The van der Waals surface area contributed by atoms with Crippen molar-refractivity contribution in [3.05, 3.63) is 34.6 Å². The number of oxime groups is 1. The van der Waals surface area contributed by atoms with E-state index in [4.69, 9.17) is 22.5 Å². The molecule has 0 saturated heterocycles. The van der Waals surface area contributed by atoms with Crippen molar-refractivity contribution in [3.8, 4) is 0 Å². The van der Waals surface area contributed by atoms with Crippen LogP contribution in [-0.2, 0) is 0 Å². The van der Waals surface area contributed by atoms with Gasteiger partial charge in [-0.15, -0.1) is 0 Å². The molecule has 1 rings (SSSR count). The Morgan fingerprint density at radius 2 is 2.26 bits per heavy atom. The number of nitrogens with one attached hydrogen (secondary N) is 1. The number of nitrogens with zero attached hydrogens (tertiary/aromatic N) is 1. The highest BCUT2D eigenvalue weighted by Crippen LogP contribution is 2.16. The number of amidine groups is 1. The van der Waals surface area contributed by atoms with Gasteiger partial charge in [0.15, 0.2) is 5.84 Å². The summed E-state index contributed by atoms with van der Waals surface area (Å²) in [4.78, 5) is 12.0. The molecular formula is C12H15ClFN3O2. The Morgan fingerprint density at radius 3 is 2.74 bits per heavy atom. The Hall–Kier alpha value is -1.82. The number of benzene rings is 1. The average Bonchev–Trinajstić information content (AvgIpc) is 2.37. The largest absolute Gasteiger partial charge is 0.409 e. The molecule has 1 atom stereocenters. The summed E-state index contributed by atoms with van der Waals surface area (Å²) in [5.41, 5.74) is 4.31. The second-order valence-corrected chi connectivity index (χ2v) is 4.69. The smallest absolute Gasteiger partial charge is 0.255 e. The van der Waals surface area contributed by atoms with Crippen LogP contribution in [0.2, 0.25) is 5.02 Å². The first-order chi connectivity index (χ1) is 8.84. The van der Waals surface area contributed by atoms with Gasteiger partial charge in [-0.25, -0.2) is 4.39 Å². The standard InChI is InChI=1S/C12H15ClFN3O2/c1-3-12(2,11(15)17-19)16-10(18)8-5-4-7(13)6-9(8)14/h4-6,19H,3H2,1-2H3,(H2,15,17)(H,16,18). The van der Waals surface area contributed by atoms with Crippen LogP contribution in [0.3, 0.4) is 0 Å². The lowest BCUT2D eigenvalue weighted by atomic mass is 9.97. The number of hydrogen-bond donors (Lipinski definition) is 3. The summed E-state index contributed by atoms with van der Waals surface area (Å²) in [5.74, 6) is -1.55. The van der Waals surface area contributed by atoms with E-state index in [1.807, 2.05) is 0 Å². The Balaban J connectivity index is 3.02. The zero-order valence-corrected chi connectivity index (χ0v) is 11.3. The molecule has 0 fully saturated rings. The maximum absolute atomic E-state index is 13.6. The van der Waals surface area contributed by atoms with Gasteiger partial charge < -0.3 is 16.3 Å². The van der Waals surface area contributed by atoms with Gasteiger partial charge in [0.25, 0.3) is 5.91 Å². The fourth-order valence-electron chi connectivity index (χ4n) is 1.44.